The van der Waals surface area contributed by atoms with Crippen molar-refractivity contribution in [3.63, 3.8) is 0 Å². The van der Waals surface area contributed by atoms with E-state index in [1.165, 1.54) is 0 Å². The van der Waals surface area contributed by atoms with Crippen molar-refractivity contribution >= 4 is 0 Å². The molecule has 4 heteroatoms. The summed E-state index contributed by atoms with van der Waals surface area (Å²) in [6, 6.07) is 3.91. The van der Waals surface area contributed by atoms with E-state index in [9.17, 15) is 0 Å². The third kappa shape index (κ3) is 2.64. The topological polar surface area (TPSA) is 51.6 Å². The summed E-state index contributed by atoms with van der Waals surface area (Å²) in [4.78, 5) is 2.25. The Labute approximate surface area is 96.4 Å². The van der Waals surface area contributed by atoms with Gasteiger partial charge in [0.2, 0.25) is 0 Å². The molecule has 1 aromatic rings. The van der Waals surface area contributed by atoms with Crippen LogP contribution in [0.1, 0.15) is 12.2 Å². The lowest BCUT2D eigenvalue weighted by molar-refractivity contribution is 0.120. The fraction of sp³-hybridized carbons (Fsp3) is 0.667. The van der Waals surface area contributed by atoms with Gasteiger partial charge in [-0.2, -0.15) is 0 Å². The second-order valence-electron chi connectivity index (χ2n) is 4.76. The SMILES string of the molecule is CN(Cc1ccco1)CC1(CN)CCOC1. The average molecular weight is 224 g/mol. The summed E-state index contributed by atoms with van der Waals surface area (Å²) in [7, 11) is 2.10. The van der Waals surface area contributed by atoms with Gasteiger partial charge in [0, 0.05) is 25.1 Å². The van der Waals surface area contributed by atoms with Crippen molar-refractivity contribution in [3.8, 4) is 0 Å². The molecule has 0 aliphatic carbocycles. The van der Waals surface area contributed by atoms with Crippen LogP contribution in [0, 0.1) is 5.41 Å². The van der Waals surface area contributed by atoms with E-state index >= 15 is 0 Å². The van der Waals surface area contributed by atoms with Gasteiger partial charge >= 0.3 is 0 Å². The maximum atomic E-state index is 5.86. The Kier molecular flexibility index (Phi) is 3.63. The second-order valence-corrected chi connectivity index (χ2v) is 4.76. The van der Waals surface area contributed by atoms with Crippen molar-refractivity contribution in [1.82, 2.24) is 4.90 Å². The Bertz CT molecular complexity index is 305. The third-order valence-electron chi connectivity index (χ3n) is 3.23. The minimum absolute atomic E-state index is 0.140. The number of nitrogens with two attached hydrogens (primary N) is 1. The molecule has 1 aliphatic rings. The Morgan fingerprint density at radius 1 is 1.56 bits per heavy atom. The Morgan fingerprint density at radius 2 is 2.44 bits per heavy atom. The summed E-state index contributed by atoms with van der Waals surface area (Å²) in [5.74, 6) is 0.994. The molecule has 4 nitrogen and oxygen atoms in total. The molecular formula is C12H20N2O2. The zero-order valence-electron chi connectivity index (χ0n) is 9.82. The molecule has 0 aromatic carbocycles. The van der Waals surface area contributed by atoms with Crippen LogP contribution < -0.4 is 5.73 Å². The molecule has 90 valence electrons. The summed E-state index contributed by atoms with van der Waals surface area (Å²) < 4.78 is 10.8. The first-order valence-corrected chi connectivity index (χ1v) is 5.73. The first kappa shape index (κ1) is 11.6. The molecule has 0 saturated carbocycles. The molecule has 1 unspecified atom stereocenters. The number of ether oxygens (including phenoxy) is 1. The van der Waals surface area contributed by atoms with E-state index in [1.54, 1.807) is 6.26 Å². The standard InChI is InChI=1S/C12H20N2O2/c1-14(7-11-3-2-5-16-11)9-12(8-13)4-6-15-10-12/h2-3,5H,4,6-10,13H2,1H3. The summed E-state index contributed by atoms with van der Waals surface area (Å²) >= 11 is 0. The number of nitrogens with zero attached hydrogens (tertiary/aromatic N) is 1. The van der Waals surface area contributed by atoms with Crippen LogP contribution in [-0.4, -0.2) is 38.3 Å². The van der Waals surface area contributed by atoms with Crippen LogP contribution in [0.5, 0.6) is 0 Å². The molecular weight excluding hydrogens is 204 g/mol. The lowest BCUT2D eigenvalue weighted by atomic mass is 9.87. The van der Waals surface area contributed by atoms with Gasteiger partial charge in [-0.15, -0.1) is 0 Å². The van der Waals surface area contributed by atoms with E-state index in [2.05, 4.69) is 11.9 Å². The van der Waals surface area contributed by atoms with Gasteiger partial charge in [0.05, 0.1) is 19.4 Å². The van der Waals surface area contributed by atoms with Crippen molar-refractivity contribution in [2.24, 2.45) is 11.1 Å². The maximum Gasteiger partial charge on any atom is 0.117 e. The highest BCUT2D eigenvalue weighted by Crippen LogP contribution is 2.28. The van der Waals surface area contributed by atoms with Crippen molar-refractivity contribution in [2.45, 2.75) is 13.0 Å². The molecule has 2 heterocycles. The molecule has 2 N–H and O–H groups in total. The highest BCUT2D eigenvalue weighted by atomic mass is 16.5. The second kappa shape index (κ2) is 4.99. The smallest absolute Gasteiger partial charge is 0.117 e. The highest BCUT2D eigenvalue weighted by Gasteiger charge is 2.34. The summed E-state index contributed by atoms with van der Waals surface area (Å²) in [6.45, 7) is 4.10. The van der Waals surface area contributed by atoms with Gasteiger partial charge in [-0.25, -0.2) is 0 Å². The summed E-state index contributed by atoms with van der Waals surface area (Å²) in [5.41, 5.74) is 6.00. The van der Waals surface area contributed by atoms with Crippen LogP contribution in [0.25, 0.3) is 0 Å². The maximum absolute atomic E-state index is 5.86. The molecule has 1 aliphatic heterocycles. The summed E-state index contributed by atoms with van der Waals surface area (Å²) in [6.07, 6.45) is 2.77. The van der Waals surface area contributed by atoms with Crippen LogP contribution in [0.3, 0.4) is 0 Å². The van der Waals surface area contributed by atoms with Gasteiger partial charge < -0.3 is 14.9 Å². The monoisotopic (exact) mass is 224 g/mol. The van der Waals surface area contributed by atoms with Crippen molar-refractivity contribution in [1.29, 1.82) is 0 Å². The Balaban J connectivity index is 1.88. The average Bonchev–Trinajstić information content (AvgIpc) is 2.90. The first-order chi connectivity index (χ1) is 7.74. The molecule has 1 fully saturated rings. The minimum atomic E-state index is 0.140. The van der Waals surface area contributed by atoms with Crippen LogP contribution >= 0.6 is 0 Å². The van der Waals surface area contributed by atoms with E-state index in [0.29, 0.717) is 6.54 Å². The third-order valence-corrected chi connectivity index (χ3v) is 3.23. The van der Waals surface area contributed by atoms with Crippen molar-refractivity contribution < 1.29 is 9.15 Å². The van der Waals surface area contributed by atoms with E-state index < -0.39 is 0 Å². The first-order valence-electron chi connectivity index (χ1n) is 5.73. The van der Waals surface area contributed by atoms with Crippen LogP contribution in [0.4, 0.5) is 0 Å². The lowest BCUT2D eigenvalue weighted by Crippen LogP contribution is -2.41. The van der Waals surface area contributed by atoms with Gasteiger partial charge in [0.15, 0.2) is 0 Å². The van der Waals surface area contributed by atoms with Crippen LogP contribution in [-0.2, 0) is 11.3 Å². The van der Waals surface area contributed by atoms with Gasteiger partial charge in [-0.1, -0.05) is 0 Å². The van der Waals surface area contributed by atoms with E-state index in [0.717, 1.165) is 38.5 Å². The van der Waals surface area contributed by atoms with E-state index in [4.69, 9.17) is 14.9 Å². The molecule has 1 aromatic heterocycles. The van der Waals surface area contributed by atoms with Gasteiger partial charge in [0.1, 0.15) is 5.76 Å². The normalized spacial score (nSPS) is 25.4. The number of hydrogen-bond acceptors (Lipinski definition) is 4. The zero-order chi connectivity index (χ0) is 11.4. The molecule has 0 spiro atoms. The molecule has 0 bridgehead atoms. The van der Waals surface area contributed by atoms with Crippen molar-refractivity contribution in [2.75, 3.05) is 33.4 Å². The zero-order valence-corrected chi connectivity index (χ0v) is 9.82. The number of rotatable bonds is 5. The predicted octanol–water partition coefficient (Wildman–Crippen LogP) is 1.08. The van der Waals surface area contributed by atoms with Crippen LogP contribution in [0.2, 0.25) is 0 Å². The fourth-order valence-electron chi connectivity index (χ4n) is 2.30. The largest absolute Gasteiger partial charge is 0.468 e. The molecule has 1 atom stereocenters. The Morgan fingerprint density at radius 3 is 3.00 bits per heavy atom. The Hall–Kier alpha value is -0.840. The predicted molar refractivity (Wildman–Crippen MR) is 62.0 cm³/mol. The molecule has 1 saturated heterocycles. The van der Waals surface area contributed by atoms with Gasteiger partial charge in [-0.3, -0.25) is 4.90 Å². The molecule has 0 radical (unpaired) electrons. The van der Waals surface area contributed by atoms with E-state index in [-0.39, 0.29) is 5.41 Å². The summed E-state index contributed by atoms with van der Waals surface area (Å²) in [5, 5.41) is 0. The molecule has 16 heavy (non-hydrogen) atoms. The molecule has 0 amide bonds. The molecule has 2 rings (SSSR count). The number of hydrogen-bond donors (Lipinski definition) is 1. The van der Waals surface area contributed by atoms with E-state index in [1.807, 2.05) is 12.1 Å². The quantitative estimate of drug-likeness (QED) is 0.813. The van der Waals surface area contributed by atoms with Crippen LogP contribution in [0.15, 0.2) is 22.8 Å². The lowest BCUT2D eigenvalue weighted by Gasteiger charge is -2.30. The number of furan rings is 1. The fourth-order valence-corrected chi connectivity index (χ4v) is 2.30. The van der Waals surface area contributed by atoms with Gasteiger partial charge in [-0.05, 0) is 25.6 Å². The van der Waals surface area contributed by atoms with Crippen molar-refractivity contribution in [3.05, 3.63) is 24.2 Å². The van der Waals surface area contributed by atoms with Gasteiger partial charge in [0.25, 0.3) is 0 Å². The minimum Gasteiger partial charge on any atom is -0.468 e. The highest BCUT2D eigenvalue weighted by molar-refractivity contribution is 4.98.